The predicted molar refractivity (Wildman–Crippen MR) is 79.1 cm³/mol. The zero-order chi connectivity index (χ0) is 11.7. The molecule has 0 radical (unpaired) electrons. The van der Waals surface area contributed by atoms with E-state index in [1.807, 2.05) is 24.4 Å². The van der Waals surface area contributed by atoms with E-state index in [0.717, 1.165) is 42.4 Å². The highest BCUT2D eigenvalue weighted by atomic mass is 35.5. The van der Waals surface area contributed by atoms with Gasteiger partial charge in [-0.3, -0.25) is 0 Å². The summed E-state index contributed by atoms with van der Waals surface area (Å²) in [4.78, 5) is 6.84. The molecule has 0 amide bonds. The van der Waals surface area contributed by atoms with Crippen molar-refractivity contribution in [3.8, 4) is 0 Å². The number of halogens is 2. The summed E-state index contributed by atoms with van der Waals surface area (Å²) in [6, 6.07) is 7.98. The molecule has 96 valence electrons. The Morgan fingerprint density at radius 3 is 2.72 bits per heavy atom. The van der Waals surface area contributed by atoms with Crippen LogP contribution in [0.25, 0.3) is 10.8 Å². The van der Waals surface area contributed by atoms with Crippen molar-refractivity contribution >= 4 is 40.6 Å². The molecule has 1 fully saturated rings. The Balaban J connectivity index is 0.00000120. The lowest BCUT2D eigenvalue weighted by molar-refractivity contribution is 0.586. The Morgan fingerprint density at radius 1 is 1.17 bits per heavy atom. The van der Waals surface area contributed by atoms with Crippen LogP contribution < -0.4 is 10.2 Å². The normalized spacial score (nSPS) is 15.5. The van der Waals surface area contributed by atoms with Crippen molar-refractivity contribution in [1.29, 1.82) is 0 Å². The minimum absolute atomic E-state index is 0. The van der Waals surface area contributed by atoms with Gasteiger partial charge in [-0.15, -0.1) is 12.4 Å². The summed E-state index contributed by atoms with van der Waals surface area (Å²) in [6.45, 7) is 4.06. The van der Waals surface area contributed by atoms with Crippen molar-refractivity contribution in [3.63, 3.8) is 0 Å². The van der Waals surface area contributed by atoms with E-state index in [9.17, 15) is 0 Å². The van der Waals surface area contributed by atoms with Gasteiger partial charge in [-0.05, 0) is 29.7 Å². The summed E-state index contributed by atoms with van der Waals surface area (Å²) >= 11 is 6.01. The van der Waals surface area contributed by atoms with Crippen molar-refractivity contribution in [2.75, 3.05) is 31.1 Å². The fourth-order valence-electron chi connectivity index (χ4n) is 2.26. The number of nitrogens with zero attached hydrogens (tertiary/aromatic N) is 2. The zero-order valence-electron chi connectivity index (χ0n) is 9.90. The van der Waals surface area contributed by atoms with Crippen LogP contribution in [0.5, 0.6) is 0 Å². The van der Waals surface area contributed by atoms with E-state index in [1.165, 1.54) is 5.39 Å². The number of fused-ring (bicyclic) bond motifs is 1. The molecule has 1 saturated heterocycles. The molecule has 0 unspecified atom stereocenters. The quantitative estimate of drug-likeness (QED) is 0.872. The molecule has 3 nitrogen and oxygen atoms in total. The summed E-state index contributed by atoms with van der Waals surface area (Å²) in [5.74, 6) is 1.07. The van der Waals surface area contributed by atoms with Crippen LogP contribution in [0.1, 0.15) is 0 Å². The number of hydrogen-bond acceptors (Lipinski definition) is 3. The maximum Gasteiger partial charge on any atom is 0.136 e. The zero-order valence-corrected chi connectivity index (χ0v) is 11.5. The van der Waals surface area contributed by atoms with E-state index >= 15 is 0 Å². The molecule has 2 heterocycles. The van der Waals surface area contributed by atoms with Crippen LogP contribution in [0.4, 0.5) is 5.82 Å². The van der Waals surface area contributed by atoms with Crippen molar-refractivity contribution < 1.29 is 0 Å². The maximum atomic E-state index is 6.01. The lowest BCUT2D eigenvalue weighted by Crippen LogP contribution is -2.43. The standard InChI is InChI=1S/C13H14ClN3.ClH/c14-11-1-2-12-10(9-11)3-4-16-13(12)17-7-5-15-6-8-17;/h1-4,9,15H,5-8H2;1H. The Morgan fingerprint density at radius 2 is 1.94 bits per heavy atom. The van der Waals surface area contributed by atoms with Crippen molar-refractivity contribution in [1.82, 2.24) is 10.3 Å². The minimum atomic E-state index is 0. The molecule has 5 heteroatoms. The van der Waals surface area contributed by atoms with E-state index in [0.29, 0.717) is 0 Å². The number of anilines is 1. The first-order chi connectivity index (χ1) is 8.34. The van der Waals surface area contributed by atoms with E-state index < -0.39 is 0 Å². The van der Waals surface area contributed by atoms with Gasteiger partial charge >= 0.3 is 0 Å². The molecule has 2 aromatic rings. The molecule has 0 bridgehead atoms. The van der Waals surface area contributed by atoms with Gasteiger partial charge in [0.05, 0.1) is 0 Å². The van der Waals surface area contributed by atoms with Crippen LogP contribution in [-0.2, 0) is 0 Å². The molecular formula is C13H15Cl2N3. The summed E-state index contributed by atoms with van der Waals surface area (Å²) in [5, 5.41) is 6.46. The highest BCUT2D eigenvalue weighted by molar-refractivity contribution is 6.31. The summed E-state index contributed by atoms with van der Waals surface area (Å²) in [6.07, 6.45) is 1.86. The average molecular weight is 284 g/mol. The van der Waals surface area contributed by atoms with Gasteiger partial charge in [-0.1, -0.05) is 11.6 Å². The van der Waals surface area contributed by atoms with Gasteiger partial charge < -0.3 is 10.2 Å². The Kier molecular flexibility index (Phi) is 4.27. The first-order valence-electron chi connectivity index (χ1n) is 5.84. The molecule has 1 aliphatic heterocycles. The van der Waals surface area contributed by atoms with Gasteiger partial charge in [-0.25, -0.2) is 4.98 Å². The number of benzene rings is 1. The third-order valence-corrected chi connectivity index (χ3v) is 3.36. The van der Waals surface area contributed by atoms with Crippen molar-refractivity contribution in [2.45, 2.75) is 0 Å². The average Bonchev–Trinajstić information content (AvgIpc) is 2.39. The monoisotopic (exact) mass is 283 g/mol. The fraction of sp³-hybridized carbons (Fsp3) is 0.308. The van der Waals surface area contributed by atoms with E-state index in [4.69, 9.17) is 11.6 Å². The van der Waals surface area contributed by atoms with Crippen LogP contribution >= 0.6 is 24.0 Å². The largest absolute Gasteiger partial charge is 0.354 e. The van der Waals surface area contributed by atoms with Gasteiger partial charge in [0.1, 0.15) is 5.82 Å². The predicted octanol–water partition coefficient (Wildman–Crippen LogP) is 2.72. The third kappa shape index (κ3) is 2.53. The number of nitrogens with one attached hydrogen (secondary N) is 1. The van der Waals surface area contributed by atoms with E-state index in [2.05, 4.69) is 21.3 Å². The summed E-state index contributed by atoms with van der Waals surface area (Å²) in [5.41, 5.74) is 0. The summed E-state index contributed by atoms with van der Waals surface area (Å²) < 4.78 is 0. The van der Waals surface area contributed by atoms with E-state index in [-0.39, 0.29) is 12.4 Å². The molecular weight excluding hydrogens is 269 g/mol. The molecule has 1 aliphatic rings. The van der Waals surface area contributed by atoms with Gasteiger partial charge in [-0.2, -0.15) is 0 Å². The second kappa shape index (κ2) is 5.74. The minimum Gasteiger partial charge on any atom is -0.354 e. The highest BCUT2D eigenvalue weighted by Crippen LogP contribution is 2.26. The van der Waals surface area contributed by atoms with Crippen LogP contribution in [0.2, 0.25) is 5.02 Å². The fourth-order valence-corrected chi connectivity index (χ4v) is 2.44. The topological polar surface area (TPSA) is 28.2 Å². The molecule has 1 N–H and O–H groups in total. The molecule has 0 spiro atoms. The van der Waals surface area contributed by atoms with Crippen LogP contribution in [0, 0.1) is 0 Å². The maximum absolute atomic E-state index is 6.01. The second-order valence-corrected chi connectivity index (χ2v) is 4.67. The Labute approximate surface area is 118 Å². The van der Waals surface area contributed by atoms with Crippen LogP contribution in [-0.4, -0.2) is 31.2 Å². The molecule has 1 aromatic heterocycles. The molecule has 0 aliphatic carbocycles. The molecule has 0 atom stereocenters. The van der Waals surface area contributed by atoms with Crippen LogP contribution in [0.15, 0.2) is 30.5 Å². The van der Waals surface area contributed by atoms with Gasteiger partial charge in [0.25, 0.3) is 0 Å². The van der Waals surface area contributed by atoms with E-state index in [1.54, 1.807) is 0 Å². The van der Waals surface area contributed by atoms with Gasteiger partial charge in [0, 0.05) is 42.8 Å². The Bertz CT molecular complexity index is 539. The van der Waals surface area contributed by atoms with Gasteiger partial charge in [0.15, 0.2) is 0 Å². The number of rotatable bonds is 1. The number of hydrogen-bond donors (Lipinski definition) is 1. The lowest BCUT2D eigenvalue weighted by Gasteiger charge is -2.29. The number of pyridine rings is 1. The van der Waals surface area contributed by atoms with Crippen molar-refractivity contribution in [3.05, 3.63) is 35.5 Å². The molecule has 1 aromatic carbocycles. The third-order valence-electron chi connectivity index (χ3n) is 3.12. The number of aromatic nitrogens is 1. The smallest absolute Gasteiger partial charge is 0.136 e. The van der Waals surface area contributed by atoms with Crippen molar-refractivity contribution in [2.24, 2.45) is 0 Å². The first-order valence-corrected chi connectivity index (χ1v) is 6.22. The Hall–Kier alpha value is -1.03. The lowest BCUT2D eigenvalue weighted by atomic mass is 10.1. The van der Waals surface area contributed by atoms with Gasteiger partial charge in [0.2, 0.25) is 0 Å². The number of piperazine rings is 1. The second-order valence-electron chi connectivity index (χ2n) is 4.24. The molecule has 0 saturated carbocycles. The first kappa shape index (κ1) is 13.4. The SMILES string of the molecule is Cl.Clc1ccc2c(N3CCNCC3)nccc2c1. The van der Waals surface area contributed by atoms with Crippen LogP contribution in [0.3, 0.4) is 0 Å². The summed E-state index contributed by atoms with van der Waals surface area (Å²) in [7, 11) is 0. The highest BCUT2D eigenvalue weighted by Gasteiger charge is 2.14. The molecule has 18 heavy (non-hydrogen) atoms. The molecule has 3 rings (SSSR count).